The third-order valence-electron chi connectivity index (χ3n) is 5.99. The molecular weight excluding hydrogens is 412 g/mol. The van der Waals surface area contributed by atoms with Gasteiger partial charge in [0.05, 0.1) is 5.52 Å². The quantitative estimate of drug-likeness (QED) is 0.516. The molecule has 5 rings (SSSR count). The highest BCUT2D eigenvalue weighted by Gasteiger charge is 2.20. The monoisotopic (exact) mass is 438 g/mol. The van der Waals surface area contributed by atoms with E-state index >= 15 is 0 Å². The molecular formula is C26H26N6O. The third kappa shape index (κ3) is 4.54. The summed E-state index contributed by atoms with van der Waals surface area (Å²) in [5.41, 5.74) is 5.29. The van der Waals surface area contributed by atoms with Crippen molar-refractivity contribution in [3.05, 3.63) is 78.2 Å². The van der Waals surface area contributed by atoms with E-state index in [0.29, 0.717) is 11.5 Å². The van der Waals surface area contributed by atoms with Crippen molar-refractivity contribution in [2.75, 3.05) is 38.5 Å². The summed E-state index contributed by atoms with van der Waals surface area (Å²) in [7, 11) is 2.08. The molecule has 33 heavy (non-hydrogen) atoms. The number of hydrogen-bond acceptors (Lipinski definition) is 6. The second-order valence-corrected chi connectivity index (χ2v) is 8.43. The molecule has 2 aromatic carbocycles. The fourth-order valence-electron chi connectivity index (χ4n) is 4.03. The zero-order valence-corrected chi connectivity index (χ0v) is 18.8. The summed E-state index contributed by atoms with van der Waals surface area (Å²) in [5.74, 6) is 0.541. The first-order chi connectivity index (χ1) is 16.1. The molecule has 1 aliphatic rings. The Morgan fingerprint density at radius 3 is 2.55 bits per heavy atom. The normalized spacial score (nSPS) is 14.4. The van der Waals surface area contributed by atoms with Crippen molar-refractivity contribution >= 4 is 28.4 Å². The highest BCUT2D eigenvalue weighted by molar-refractivity contribution is 5.96. The molecule has 1 amide bonds. The average Bonchev–Trinajstić information content (AvgIpc) is 2.84. The van der Waals surface area contributed by atoms with E-state index in [0.717, 1.165) is 59.6 Å². The molecule has 0 saturated carbocycles. The molecule has 0 spiro atoms. The maximum absolute atomic E-state index is 13.0. The van der Waals surface area contributed by atoms with Crippen molar-refractivity contribution in [3.63, 3.8) is 0 Å². The van der Waals surface area contributed by atoms with Crippen molar-refractivity contribution in [1.29, 1.82) is 0 Å². The molecule has 3 heterocycles. The number of likely N-dealkylation sites (N-methyl/N-ethyl adjacent to an activating group) is 1. The standard InChI is InChI=1S/C26H26N6O/c1-18-9-10-20(16-27-18)23-8-4-6-21-17-28-26(30-24(21)23)29-22-7-3-5-19(15-22)25(33)32-13-11-31(2)12-14-32/h3-10,15-17H,11-14H2,1-2H3,(H,28,29,30). The lowest BCUT2D eigenvalue weighted by Crippen LogP contribution is -2.47. The Labute approximate surface area is 193 Å². The topological polar surface area (TPSA) is 74.2 Å². The lowest BCUT2D eigenvalue weighted by Gasteiger charge is -2.32. The molecule has 166 valence electrons. The van der Waals surface area contributed by atoms with Crippen LogP contribution in [-0.4, -0.2) is 63.9 Å². The summed E-state index contributed by atoms with van der Waals surface area (Å²) in [6.07, 6.45) is 3.68. The number of aryl methyl sites for hydroxylation is 1. The van der Waals surface area contributed by atoms with Gasteiger partial charge in [-0.2, -0.15) is 0 Å². The van der Waals surface area contributed by atoms with Gasteiger partial charge in [0.1, 0.15) is 0 Å². The molecule has 2 aromatic heterocycles. The summed E-state index contributed by atoms with van der Waals surface area (Å²) < 4.78 is 0. The number of piperazine rings is 1. The Morgan fingerprint density at radius 2 is 1.76 bits per heavy atom. The van der Waals surface area contributed by atoms with Crippen molar-refractivity contribution in [2.45, 2.75) is 6.92 Å². The highest BCUT2D eigenvalue weighted by Crippen LogP contribution is 2.28. The van der Waals surface area contributed by atoms with E-state index in [1.807, 2.05) is 72.7 Å². The second-order valence-electron chi connectivity index (χ2n) is 8.43. The van der Waals surface area contributed by atoms with E-state index in [2.05, 4.69) is 33.3 Å². The Hall–Kier alpha value is -3.84. The van der Waals surface area contributed by atoms with Gasteiger partial charge >= 0.3 is 0 Å². The van der Waals surface area contributed by atoms with Gasteiger partial charge < -0.3 is 15.1 Å². The minimum absolute atomic E-state index is 0.0559. The number of anilines is 2. The number of hydrogen-bond donors (Lipinski definition) is 1. The molecule has 7 heteroatoms. The van der Waals surface area contributed by atoms with Gasteiger partial charge in [0.25, 0.3) is 5.91 Å². The summed E-state index contributed by atoms with van der Waals surface area (Å²) in [4.78, 5) is 30.8. The van der Waals surface area contributed by atoms with Crippen molar-refractivity contribution in [1.82, 2.24) is 24.8 Å². The van der Waals surface area contributed by atoms with E-state index in [-0.39, 0.29) is 5.91 Å². The summed E-state index contributed by atoms with van der Waals surface area (Å²) in [5, 5.41) is 4.23. The highest BCUT2D eigenvalue weighted by atomic mass is 16.2. The Morgan fingerprint density at radius 1 is 0.939 bits per heavy atom. The molecule has 0 unspecified atom stereocenters. The van der Waals surface area contributed by atoms with Crippen LogP contribution in [0.2, 0.25) is 0 Å². The Kier molecular flexibility index (Phi) is 5.71. The number of carbonyl (C=O) groups is 1. The number of benzene rings is 2. The molecule has 0 bridgehead atoms. The number of para-hydroxylation sites is 1. The van der Waals surface area contributed by atoms with Gasteiger partial charge in [-0.1, -0.05) is 30.3 Å². The minimum Gasteiger partial charge on any atom is -0.336 e. The predicted molar refractivity (Wildman–Crippen MR) is 131 cm³/mol. The predicted octanol–water partition coefficient (Wildman–Crippen LogP) is 4.13. The van der Waals surface area contributed by atoms with E-state index in [1.54, 1.807) is 0 Å². The largest absolute Gasteiger partial charge is 0.336 e. The van der Waals surface area contributed by atoms with Gasteiger partial charge in [0.15, 0.2) is 0 Å². The number of amides is 1. The lowest BCUT2D eigenvalue weighted by molar-refractivity contribution is 0.0664. The van der Waals surface area contributed by atoms with Crippen molar-refractivity contribution in [2.24, 2.45) is 0 Å². The molecule has 1 aliphatic heterocycles. The van der Waals surface area contributed by atoms with E-state index in [4.69, 9.17) is 4.98 Å². The maximum atomic E-state index is 13.0. The van der Waals surface area contributed by atoms with Crippen molar-refractivity contribution in [3.8, 4) is 11.1 Å². The van der Waals surface area contributed by atoms with Crippen LogP contribution in [0.5, 0.6) is 0 Å². The molecule has 1 saturated heterocycles. The van der Waals surface area contributed by atoms with Gasteiger partial charge in [-0.25, -0.2) is 9.97 Å². The summed E-state index contributed by atoms with van der Waals surface area (Å²) in [6.45, 7) is 5.26. The van der Waals surface area contributed by atoms with Crippen LogP contribution in [-0.2, 0) is 0 Å². The number of carbonyl (C=O) groups excluding carboxylic acids is 1. The second kappa shape index (κ2) is 8.96. The molecule has 0 radical (unpaired) electrons. The number of nitrogens with one attached hydrogen (secondary N) is 1. The van der Waals surface area contributed by atoms with Gasteiger partial charge in [-0.05, 0) is 38.2 Å². The molecule has 0 atom stereocenters. The molecule has 4 aromatic rings. The molecule has 0 aliphatic carbocycles. The van der Waals surface area contributed by atoms with Crippen LogP contribution < -0.4 is 5.32 Å². The Balaban J connectivity index is 1.41. The van der Waals surface area contributed by atoms with Crippen LogP contribution in [0, 0.1) is 6.92 Å². The van der Waals surface area contributed by atoms with Gasteiger partial charge in [-0.15, -0.1) is 0 Å². The number of nitrogens with zero attached hydrogens (tertiary/aromatic N) is 5. The first-order valence-corrected chi connectivity index (χ1v) is 11.1. The summed E-state index contributed by atoms with van der Waals surface area (Å²) >= 11 is 0. The fraction of sp³-hybridized carbons (Fsp3) is 0.231. The number of pyridine rings is 1. The molecule has 1 fully saturated rings. The van der Waals surface area contributed by atoms with E-state index in [9.17, 15) is 4.79 Å². The summed E-state index contributed by atoms with van der Waals surface area (Å²) in [6, 6.07) is 17.6. The zero-order chi connectivity index (χ0) is 22.8. The molecule has 1 N–H and O–H groups in total. The SMILES string of the molecule is Cc1ccc(-c2cccc3cnc(Nc4cccc(C(=O)N5CCN(C)CC5)c4)nc23)cn1. The van der Waals surface area contributed by atoms with Gasteiger partial charge in [0.2, 0.25) is 5.95 Å². The smallest absolute Gasteiger partial charge is 0.254 e. The number of rotatable bonds is 4. The van der Waals surface area contributed by atoms with E-state index in [1.165, 1.54) is 0 Å². The third-order valence-corrected chi connectivity index (χ3v) is 5.99. The van der Waals surface area contributed by atoms with Gasteiger partial charge in [-0.3, -0.25) is 9.78 Å². The van der Waals surface area contributed by atoms with Crippen LogP contribution in [0.15, 0.2) is 67.0 Å². The van der Waals surface area contributed by atoms with Crippen LogP contribution in [0.1, 0.15) is 16.1 Å². The maximum Gasteiger partial charge on any atom is 0.254 e. The number of aromatic nitrogens is 3. The van der Waals surface area contributed by atoms with E-state index < -0.39 is 0 Å². The van der Waals surface area contributed by atoms with Crippen LogP contribution in [0.3, 0.4) is 0 Å². The lowest BCUT2D eigenvalue weighted by atomic mass is 10.0. The number of fused-ring (bicyclic) bond motifs is 1. The van der Waals surface area contributed by atoms with Gasteiger partial charge in [0, 0.05) is 72.0 Å². The van der Waals surface area contributed by atoms with Crippen LogP contribution >= 0.6 is 0 Å². The first kappa shape index (κ1) is 21.0. The van der Waals surface area contributed by atoms with Crippen LogP contribution in [0.4, 0.5) is 11.6 Å². The first-order valence-electron chi connectivity index (χ1n) is 11.1. The average molecular weight is 439 g/mol. The van der Waals surface area contributed by atoms with Crippen molar-refractivity contribution < 1.29 is 4.79 Å². The minimum atomic E-state index is 0.0559. The molecule has 7 nitrogen and oxygen atoms in total. The fourth-order valence-corrected chi connectivity index (χ4v) is 4.03. The zero-order valence-electron chi connectivity index (χ0n) is 18.8. The Bertz CT molecular complexity index is 1300. The van der Waals surface area contributed by atoms with Crippen LogP contribution in [0.25, 0.3) is 22.0 Å².